The molecule has 3 nitrogen and oxygen atoms in total. The topological polar surface area (TPSA) is 52.0 Å². The normalized spacial score (nSPS) is 10.7. The highest BCUT2D eigenvalue weighted by atomic mass is 19.1. The maximum absolute atomic E-state index is 13.4. The van der Waals surface area contributed by atoms with Gasteiger partial charge in [0.25, 0.3) is 0 Å². The van der Waals surface area contributed by atoms with Gasteiger partial charge in [-0.2, -0.15) is 0 Å². The second-order valence-electron chi connectivity index (χ2n) is 3.88. The van der Waals surface area contributed by atoms with E-state index in [9.17, 15) is 4.39 Å². The number of oxazole rings is 1. The van der Waals surface area contributed by atoms with Crippen LogP contribution in [0, 0.1) is 5.82 Å². The Bertz CT molecular complexity index is 482. The van der Waals surface area contributed by atoms with Gasteiger partial charge in [-0.15, -0.1) is 0 Å². The van der Waals surface area contributed by atoms with E-state index in [4.69, 9.17) is 10.2 Å². The molecular weight excluding hydrogens is 219 g/mol. The predicted molar refractivity (Wildman–Crippen MR) is 63.1 cm³/mol. The van der Waals surface area contributed by atoms with Gasteiger partial charge in [-0.3, -0.25) is 0 Å². The molecule has 0 radical (unpaired) electrons. The van der Waals surface area contributed by atoms with Crippen LogP contribution in [0.25, 0.3) is 0 Å². The Labute approximate surface area is 99.5 Å². The summed E-state index contributed by atoms with van der Waals surface area (Å²) in [5.41, 5.74) is 6.01. The third-order valence-corrected chi connectivity index (χ3v) is 2.53. The van der Waals surface area contributed by atoms with Crippen molar-refractivity contribution in [3.05, 3.63) is 53.5 Å². The minimum Gasteiger partial charge on any atom is -0.445 e. The quantitative estimate of drug-likeness (QED) is 0.863. The molecule has 0 aliphatic carbocycles. The van der Waals surface area contributed by atoms with E-state index in [-0.39, 0.29) is 5.82 Å². The van der Waals surface area contributed by atoms with E-state index >= 15 is 0 Å². The Morgan fingerprint density at radius 3 is 2.88 bits per heavy atom. The molecule has 0 amide bonds. The monoisotopic (exact) mass is 234 g/mol. The molecule has 1 heterocycles. The van der Waals surface area contributed by atoms with E-state index in [1.165, 1.54) is 6.07 Å². The molecule has 0 atom stereocenters. The minimum absolute atomic E-state index is 0.228. The molecular formula is C13H15FN2O. The Kier molecular flexibility index (Phi) is 3.88. The summed E-state index contributed by atoms with van der Waals surface area (Å²) in [5, 5.41) is 0. The first kappa shape index (κ1) is 11.8. The molecule has 4 heteroatoms. The second-order valence-corrected chi connectivity index (χ2v) is 3.88. The molecule has 0 aliphatic rings. The molecule has 17 heavy (non-hydrogen) atoms. The van der Waals surface area contributed by atoms with E-state index < -0.39 is 0 Å². The highest BCUT2D eigenvalue weighted by Gasteiger charge is 2.07. The lowest BCUT2D eigenvalue weighted by atomic mass is 10.1. The van der Waals surface area contributed by atoms with Crippen molar-refractivity contribution in [3.63, 3.8) is 0 Å². The van der Waals surface area contributed by atoms with Gasteiger partial charge in [0.2, 0.25) is 0 Å². The summed E-state index contributed by atoms with van der Waals surface area (Å²) < 4.78 is 18.9. The zero-order valence-corrected chi connectivity index (χ0v) is 9.53. The number of rotatable bonds is 5. The van der Waals surface area contributed by atoms with Crippen molar-refractivity contribution in [1.82, 2.24) is 4.98 Å². The SMILES string of the molecule is NCCCc1cnc(Cc2ccccc2F)o1. The molecule has 2 aromatic rings. The van der Waals surface area contributed by atoms with Crippen molar-refractivity contribution >= 4 is 0 Å². The van der Waals surface area contributed by atoms with Crippen LogP contribution < -0.4 is 5.73 Å². The van der Waals surface area contributed by atoms with Gasteiger partial charge < -0.3 is 10.2 Å². The molecule has 0 unspecified atom stereocenters. The van der Waals surface area contributed by atoms with Gasteiger partial charge in [0, 0.05) is 6.42 Å². The second kappa shape index (κ2) is 5.59. The number of aryl methyl sites for hydroxylation is 1. The third-order valence-electron chi connectivity index (χ3n) is 2.53. The average Bonchev–Trinajstić information content (AvgIpc) is 2.77. The van der Waals surface area contributed by atoms with E-state index in [1.54, 1.807) is 24.4 Å². The minimum atomic E-state index is -0.228. The van der Waals surface area contributed by atoms with E-state index in [0.29, 0.717) is 24.4 Å². The average molecular weight is 234 g/mol. The van der Waals surface area contributed by atoms with Crippen LogP contribution in [0.15, 0.2) is 34.9 Å². The number of halogens is 1. The summed E-state index contributed by atoms with van der Waals surface area (Å²) in [5.74, 6) is 1.12. The largest absolute Gasteiger partial charge is 0.445 e. The first-order valence-corrected chi connectivity index (χ1v) is 5.66. The van der Waals surface area contributed by atoms with Crippen LogP contribution in [0.3, 0.4) is 0 Å². The fraction of sp³-hybridized carbons (Fsp3) is 0.308. The molecule has 1 aromatic carbocycles. The van der Waals surface area contributed by atoms with Crippen LogP contribution in [0.1, 0.15) is 23.6 Å². The lowest BCUT2D eigenvalue weighted by Gasteiger charge is -1.99. The lowest BCUT2D eigenvalue weighted by Crippen LogP contribution is -1.99. The molecule has 0 fully saturated rings. The third kappa shape index (κ3) is 3.14. The highest BCUT2D eigenvalue weighted by Crippen LogP contribution is 2.14. The summed E-state index contributed by atoms with van der Waals surface area (Å²) in [6, 6.07) is 6.64. The fourth-order valence-corrected chi connectivity index (χ4v) is 1.63. The van der Waals surface area contributed by atoms with E-state index in [0.717, 1.165) is 18.6 Å². The standard InChI is InChI=1S/C13H15FN2O/c14-12-6-2-1-4-10(12)8-13-16-9-11(17-13)5-3-7-15/h1-2,4,6,9H,3,5,7-8,15H2. The van der Waals surface area contributed by atoms with Crippen LogP contribution in [0.5, 0.6) is 0 Å². The van der Waals surface area contributed by atoms with Gasteiger partial charge in [-0.1, -0.05) is 18.2 Å². The van der Waals surface area contributed by atoms with Gasteiger partial charge in [0.15, 0.2) is 5.89 Å². The molecule has 2 rings (SSSR count). The smallest absolute Gasteiger partial charge is 0.198 e. The first-order valence-electron chi connectivity index (χ1n) is 5.66. The van der Waals surface area contributed by atoms with Crippen LogP contribution >= 0.6 is 0 Å². The van der Waals surface area contributed by atoms with Crippen molar-refractivity contribution in [2.24, 2.45) is 5.73 Å². The van der Waals surface area contributed by atoms with Crippen molar-refractivity contribution < 1.29 is 8.81 Å². The van der Waals surface area contributed by atoms with Crippen molar-refractivity contribution in [1.29, 1.82) is 0 Å². The molecule has 0 saturated heterocycles. The number of hydrogen-bond acceptors (Lipinski definition) is 3. The Balaban J connectivity index is 2.04. The molecule has 0 spiro atoms. The summed E-state index contributed by atoms with van der Waals surface area (Å²) in [7, 11) is 0. The first-order chi connectivity index (χ1) is 8.29. The number of benzene rings is 1. The van der Waals surface area contributed by atoms with Gasteiger partial charge in [0.05, 0.1) is 12.6 Å². The highest BCUT2D eigenvalue weighted by molar-refractivity contribution is 5.20. The van der Waals surface area contributed by atoms with Crippen molar-refractivity contribution in [2.45, 2.75) is 19.3 Å². The molecule has 90 valence electrons. The van der Waals surface area contributed by atoms with Gasteiger partial charge in [0.1, 0.15) is 11.6 Å². The molecule has 1 aromatic heterocycles. The molecule has 0 saturated carbocycles. The zero-order valence-electron chi connectivity index (χ0n) is 9.53. The fourth-order valence-electron chi connectivity index (χ4n) is 1.63. The summed E-state index contributed by atoms with van der Waals surface area (Å²) in [4.78, 5) is 4.13. The van der Waals surface area contributed by atoms with Crippen LogP contribution in [-0.4, -0.2) is 11.5 Å². The number of hydrogen-bond donors (Lipinski definition) is 1. The number of aromatic nitrogens is 1. The Morgan fingerprint density at radius 2 is 2.12 bits per heavy atom. The maximum atomic E-state index is 13.4. The Morgan fingerprint density at radius 1 is 1.29 bits per heavy atom. The van der Waals surface area contributed by atoms with E-state index in [2.05, 4.69) is 4.98 Å². The van der Waals surface area contributed by atoms with Gasteiger partial charge >= 0.3 is 0 Å². The van der Waals surface area contributed by atoms with Gasteiger partial charge in [-0.05, 0) is 24.6 Å². The lowest BCUT2D eigenvalue weighted by molar-refractivity contribution is 0.456. The van der Waals surface area contributed by atoms with Gasteiger partial charge in [-0.25, -0.2) is 9.37 Å². The zero-order chi connectivity index (χ0) is 12.1. The summed E-state index contributed by atoms with van der Waals surface area (Å²) in [6.45, 7) is 0.628. The summed E-state index contributed by atoms with van der Waals surface area (Å²) in [6.07, 6.45) is 3.72. The van der Waals surface area contributed by atoms with Crippen LogP contribution in [-0.2, 0) is 12.8 Å². The van der Waals surface area contributed by atoms with Crippen LogP contribution in [0.4, 0.5) is 4.39 Å². The Hall–Kier alpha value is -1.68. The van der Waals surface area contributed by atoms with Crippen molar-refractivity contribution in [3.8, 4) is 0 Å². The molecule has 2 N–H and O–H groups in total. The number of nitrogens with zero attached hydrogens (tertiary/aromatic N) is 1. The predicted octanol–water partition coefficient (Wildman–Crippen LogP) is 2.30. The molecule has 0 bridgehead atoms. The summed E-state index contributed by atoms with van der Waals surface area (Å²) >= 11 is 0. The van der Waals surface area contributed by atoms with E-state index in [1.807, 2.05) is 0 Å². The number of nitrogens with two attached hydrogens (primary N) is 1. The van der Waals surface area contributed by atoms with Crippen LogP contribution in [0.2, 0.25) is 0 Å². The maximum Gasteiger partial charge on any atom is 0.198 e. The van der Waals surface area contributed by atoms with Crippen molar-refractivity contribution in [2.75, 3.05) is 6.54 Å². The molecule has 0 aliphatic heterocycles.